The molecule has 2 N–H and O–H groups in total. The molecule has 0 aliphatic carbocycles. The van der Waals surface area contributed by atoms with Crippen LogP contribution in [0.4, 0.5) is 0 Å². The van der Waals surface area contributed by atoms with Gasteiger partial charge in [0, 0.05) is 19.6 Å². The summed E-state index contributed by atoms with van der Waals surface area (Å²) in [7, 11) is 4.92. The van der Waals surface area contributed by atoms with E-state index in [1.54, 1.807) is 21.3 Å². The standard InChI is InChI=1S/C15H22N2O4/c1-16-12(15(18)19)9-17-5-4-10-6-13(20-2)14(21-3)7-11(10)8-17/h6-7,12,16H,4-5,8-9H2,1-3H3,(H,18,19). The number of nitrogens with one attached hydrogen (secondary N) is 1. The maximum atomic E-state index is 11.1. The van der Waals surface area contributed by atoms with E-state index in [0.717, 1.165) is 25.3 Å². The van der Waals surface area contributed by atoms with E-state index >= 15 is 0 Å². The molecule has 0 radical (unpaired) electrons. The third-order valence-corrected chi connectivity index (χ3v) is 3.88. The van der Waals surface area contributed by atoms with Crippen molar-refractivity contribution >= 4 is 5.97 Å². The van der Waals surface area contributed by atoms with Crippen LogP contribution in [0.2, 0.25) is 0 Å². The lowest BCUT2D eigenvalue weighted by Gasteiger charge is -2.31. The number of hydrogen-bond acceptors (Lipinski definition) is 5. The number of methoxy groups -OCH3 is 2. The first-order valence-electron chi connectivity index (χ1n) is 6.95. The Labute approximate surface area is 124 Å². The van der Waals surface area contributed by atoms with Gasteiger partial charge in [0.15, 0.2) is 11.5 Å². The third-order valence-electron chi connectivity index (χ3n) is 3.88. The highest BCUT2D eigenvalue weighted by Crippen LogP contribution is 2.33. The predicted molar refractivity (Wildman–Crippen MR) is 79.0 cm³/mol. The molecule has 0 aromatic heterocycles. The van der Waals surface area contributed by atoms with Crippen LogP contribution < -0.4 is 14.8 Å². The lowest BCUT2D eigenvalue weighted by atomic mass is 9.98. The summed E-state index contributed by atoms with van der Waals surface area (Å²) in [5.41, 5.74) is 2.40. The summed E-state index contributed by atoms with van der Waals surface area (Å²) < 4.78 is 10.6. The van der Waals surface area contributed by atoms with Gasteiger partial charge in [0.05, 0.1) is 14.2 Å². The number of rotatable bonds is 6. The van der Waals surface area contributed by atoms with Crippen LogP contribution in [0.15, 0.2) is 12.1 Å². The average Bonchev–Trinajstić information content (AvgIpc) is 2.50. The maximum absolute atomic E-state index is 11.1. The molecule has 0 saturated carbocycles. The summed E-state index contributed by atoms with van der Waals surface area (Å²) in [5, 5.41) is 12.0. The van der Waals surface area contributed by atoms with Gasteiger partial charge < -0.3 is 19.9 Å². The Hall–Kier alpha value is -1.79. The van der Waals surface area contributed by atoms with E-state index in [-0.39, 0.29) is 0 Å². The van der Waals surface area contributed by atoms with Gasteiger partial charge in [-0.05, 0) is 36.7 Å². The Morgan fingerprint density at radius 2 is 1.95 bits per heavy atom. The van der Waals surface area contributed by atoms with E-state index in [4.69, 9.17) is 14.6 Å². The Morgan fingerprint density at radius 1 is 1.33 bits per heavy atom. The molecule has 2 rings (SSSR count). The van der Waals surface area contributed by atoms with Gasteiger partial charge in [-0.1, -0.05) is 0 Å². The lowest BCUT2D eigenvalue weighted by molar-refractivity contribution is -0.139. The fourth-order valence-electron chi connectivity index (χ4n) is 2.65. The van der Waals surface area contributed by atoms with Gasteiger partial charge in [-0.25, -0.2) is 0 Å². The minimum absolute atomic E-state index is 0.486. The van der Waals surface area contributed by atoms with Gasteiger partial charge in [0.25, 0.3) is 0 Å². The monoisotopic (exact) mass is 294 g/mol. The molecule has 1 aliphatic heterocycles. The van der Waals surface area contributed by atoms with Gasteiger partial charge in [0.1, 0.15) is 6.04 Å². The van der Waals surface area contributed by atoms with Crippen LogP contribution in [0, 0.1) is 0 Å². The van der Waals surface area contributed by atoms with Crippen LogP contribution in [0.25, 0.3) is 0 Å². The van der Waals surface area contributed by atoms with Crippen LogP contribution >= 0.6 is 0 Å². The Kier molecular flexibility index (Phi) is 5.03. The van der Waals surface area contributed by atoms with Gasteiger partial charge >= 0.3 is 5.97 Å². The fraction of sp³-hybridized carbons (Fsp3) is 0.533. The molecule has 1 aromatic rings. The minimum Gasteiger partial charge on any atom is -0.493 e. The molecule has 1 heterocycles. The number of fused-ring (bicyclic) bond motifs is 1. The van der Waals surface area contributed by atoms with Crippen LogP contribution in [-0.4, -0.2) is 56.4 Å². The number of nitrogens with zero attached hydrogens (tertiary/aromatic N) is 1. The number of ether oxygens (including phenoxy) is 2. The molecule has 0 amide bonds. The maximum Gasteiger partial charge on any atom is 0.322 e. The first kappa shape index (κ1) is 15.6. The molecule has 0 saturated heterocycles. The first-order valence-corrected chi connectivity index (χ1v) is 6.95. The molecule has 6 heteroatoms. The summed E-state index contributed by atoms with van der Waals surface area (Å²) in [6, 6.07) is 3.44. The van der Waals surface area contributed by atoms with Crippen LogP contribution in [-0.2, 0) is 17.8 Å². The van der Waals surface area contributed by atoms with E-state index in [9.17, 15) is 4.79 Å². The second kappa shape index (κ2) is 6.78. The average molecular weight is 294 g/mol. The Bertz CT molecular complexity index is 519. The zero-order valence-corrected chi connectivity index (χ0v) is 12.7. The van der Waals surface area contributed by atoms with Crippen molar-refractivity contribution in [3.8, 4) is 11.5 Å². The Morgan fingerprint density at radius 3 is 2.48 bits per heavy atom. The van der Waals surface area contributed by atoms with Gasteiger partial charge in [-0.3, -0.25) is 9.69 Å². The molecule has 6 nitrogen and oxygen atoms in total. The number of benzene rings is 1. The molecule has 0 bridgehead atoms. The molecule has 1 aliphatic rings. The summed E-state index contributed by atoms with van der Waals surface area (Å²) in [5.74, 6) is 0.625. The van der Waals surface area contributed by atoms with Crippen molar-refractivity contribution in [1.82, 2.24) is 10.2 Å². The summed E-state index contributed by atoms with van der Waals surface area (Å²) in [6.07, 6.45) is 0.881. The second-order valence-electron chi connectivity index (χ2n) is 5.14. The van der Waals surface area contributed by atoms with Crippen molar-refractivity contribution in [2.75, 3.05) is 34.4 Å². The van der Waals surface area contributed by atoms with Crippen LogP contribution in [0.5, 0.6) is 11.5 Å². The van der Waals surface area contributed by atoms with Gasteiger partial charge in [0.2, 0.25) is 0 Å². The lowest BCUT2D eigenvalue weighted by Crippen LogP contribution is -2.46. The molecular formula is C15H22N2O4. The first-order chi connectivity index (χ1) is 10.1. The third kappa shape index (κ3) is 3.46. The number of carboxylic acid groups (broad SMARTS) is 1. The number of carbonyl (C=O) groups is 1. The van der Waals surface area contributed by atoms with E-state index in [1.807, 2.05) is 12.1 Å². The normalized spacial score (nSPS) is 16.1. The largest absolute Gasteiger partial charge is 0.493 e. The van der Waals surface area contributed by atoms with Crippen molar-refractivity contribution < 1.29 is 19.4 Å². The molecule has 21 heavy (non-hydrogen) atoms. The van der Waals surface area contributed by atoms with Crippen molar-refractivity contribution in [1.29, 1.82) is 0 Å². The van der Waals surface area contributed by atoms with Gasteiger partial charge in [-0.2, -0.15) is 0 Å². The smallest absolute Gasteiger partial charge is 0.322 e. The molecule has 116 valence electrons. The molecule has 1 unspecified atom stereocenters. The highest BCUT2D eigenvalue weighted by molar-refractivity contribution is 5.73. The van der Waals surface area contributed by atoms with E-state index in [2.05, 4.69) is 10.2 Å². The summed E-state index contributed by atoms with van der Waals surface area (Å²) >= 11 is 0. The van der Waals surface area contributed by atoms with E-state index in [1.165, 1.54) is 11.1 Å². The summed E-state index contributed by atoms with van der Waals surface area (Å²) in [4.78, 5) is 13.3. The van der Waals surface area contributed by atoms with Gasteiger partial charge in [-0.15, -0.1) is 0 Å². The van der Waals surface area contributed by atoms with Crippen molar-refractivity contribution in [2.45, 2.75) is 19.0 Å². The highest BCUT2D eigenvalue weighted by Gasteiger charge is 2.24. The predicted octanol–water partition coefficient (Wildman–Crippen LogP) is 0.734. The molecule has 0 fully saturated rings. The van der Waals surface area contributed by atoms with Crippen molar-refractivity contribution in [3.63, 3.8) is 0 Å². The SMILES string of the molecule is CNC(CN1CCc2cc(OC)c(OC)cc2C1)C(=O)O. The quantitative estimate of drug-likeness (QED) is 0.806. The molecule has 0 spiro atoms. The number of aliphatic carboxylic acids is 1. The molecular weight excluding hydrogens is 272 g/mol. The van der Waals surface area contributed by atoms with E-state index in [0.29, 0.717) is 12.3 Å². The number of likely N-dealkylation sites (N-methyl/N-ethyl adjacent to an activating group) is 1. The zero-order valence-electron chi connectivity index (χ0n) is 12.7. The van der Waals surface area contributed by atoms with Crippen LogP contribution in [0.1, 0.15) is 11.1 Å². The highest BCUT2D eigenvalue weighted by atomic mass is 16.5. The van der Waals surface area contributed by atoms with E-state index < -0.39 is 12.0 Å². The second-order valence-corrected chi connectivity index (χ2v) is 5.14. The number of carboxylic acids is 1. The minimum atomic E-state index is -0.824. The number of hydrogen-bond donors (Lipinski definition) is 2. The summed E-state index contributed by atoms with van der Waals surface area (Å²) in [6.45, 7) is 2.05. The topological polar surface area (TPSA) is 71.0 Å². The van der Waals surface area contributed by atoms with Crippen molar-refractivity contribution in [2.24, 2.45) is 0 Å². The molecule has 1 atom stereocenters. The van der Waals surface area contributed by atoms with Crippen LogP contribution in [0.3, 0.4) is 0 Å². The Balaban J connectivity index is 2.14. The fourth-order valence-corrected chi connectivity index (χ4v) is 2.65. The van der Waals surface area contributed by atoms with Crippen molar-refractivity contribution in [3.05, 3.63) is 23.3 Å². The zero-order chi connectivity index (χ0) is 15.4. The molecule has 1 aromatic carbocycles.